The van der Waals surface area contributed by atoms with Gasteiger partial charge in [-0.25, -0.2) is 0 Å². The van der Waals surface area contributed by atoms with E-state index in [-0.39, 0.29) is 16.7 Å². The second kappa shape index (κ2) is 6.68. The smallest absolute Gasteiger partial charge is 0.273 e. The lowest BCUT2D eigenvalue weighted by Crippen LogP contribution is -2.26. The number of nitrogens with zero attached hydrogens (tertiary/aromatic N) is 1. The molecule has 0 aliphatic rings. The van der Waals surface area contributed by atoms with Gasteiger partial charge >= 0.3 is 0 Å². The molecule has 0 heterocycles. The molecule has 0 bridgehead atoms. The number of nitrogens with two attached hydrogens (primary N) is 1. The minimum atomic E-state index is -0.373. The molecular weight excluding hydrogens is 288 g/mol. The number of rotatable bonds is 6. The summed E-state index contributed by atoms with van der Waals surface area (Å²) in [6.07, 6.45) is 1.24. The maximum Gasteiger partial charge on any atom is 0.273 e. The van der Waals surface area contributed by atoms with Crippen molar-refractivity contribution < 1.29 is 9.66 Å². The van der Waals surface area contributed by atoms with Crippen LogP contribution in [0.5, 0.6) is 0 Å². The normalized spacial score (nSPS) is 12.4. The van der Waals surface area contributed by atoms with Crippen molar-refractivity contribution in [3.05, 3.63) is 38.3 Å². The first-order valence-corrected chi connectivity index (χ1v) is 6.01. The van der Waals surface area contributed by atoms with Crippen molar-refractivity contribution in [1.29, 1.82) is 0 Å². The van der Waals surface area contributed by atoms with E-state index in [1.54, 1.807) is 19.2 Å². The van der Waals surface area contributed by atoms with Crippen LogP contribution in [0, 0.1) is 10.1 Å². The molecule has 0 radical (unpaired) electrons. The van der Waals surface area contributed by atoms with Gasteiger partial charge in [-0.3, -0.25) is 10.1 Å². The Morgan fingerprint density at radius 3 is 2.88 bits per heavy atom. The van der Waals surface area contributed by atoms with E-state index in [1.165, 1.54) is 6.07 Å². The second-order valence-corrected chi connectivity index (χ2v) is 4.70. The van der Waals surface area contributed by atoms with Crippen LogP contribution in [-0.2, 0) is 11.2 Å². The van der Waals surface area contributed by atoms with Crippen molar-refractivity contribution in [3.8, 4) is 0 Å². The molecule has 94 valence electrons. The topological polar surface area (TPSA) is 78.4 Å². The van der Waals surface area contributed by atoms with Gasteiger partial charge < -0.3 is 10.5 Å². The van der Waals surface area contributed by atoms with Crippen molar-refractivity contribution in [2.24, 2.45) is 5.73 Å². The number of nitro benzene ring substituents is 1. The number of hydrogen-bond donors (Lipinski definition) is 1. The highest BCUT2D eigenvalue weighted by Crippen LogP contribution is 2.24. The standard InChI is InChI=1S/C11H15BrN2O3/c1-17-7-10(13)5-3-8-2-4-9(12)6-11(8)14(15)16/h2,4,6,10H,3,5,7,13H2,1H3. The first-order chi connectivity index (χ1) is 8.04. The Kier molecular flexibility index (Phi) is 5.54. The van der Waals surface area contributed by atoms with Gasteiger partial charge in [-0.2, -0.15) is 0 Å². The summed E-state index contributed by atoms with van der Waals surface area (Å²) >= 11 is 3.22. The zero-order valence-electron chi connectivity index (χ0n) is 9.56. The Morgan fingerprint density at radius 1 is 1.59 bits per heavy atom. The Morgan fingerprint density at radius 2 is 2.29 bits per heavy atom. The Bertz CT molecular complexity index is 398. The fourth-order valence-electron chi connectivity index (χ4n) is 1.56. The maximum atomic E-state index is 10.9. The largest absolute Gasteiger partial charge is 0.383 e. The van der Waals surface area contributed by atoms with Crippen molar-refractivity contribution in [1.82, 2.24) is 0 Å². The molecule has 17 heavy (non-hydrogen) atoms. The Hall–Kier alpha value is -0.980. The molecule has 0 aliphatic carbocycles. The first kappa shape index (κ1) is 14.1. The number of aryl methyl sites for hydroxylation is 1. The molecule has 1 atom stereocenters. The molecule has 0 fully saturated rings. The number of hydrogen-bond acceptors (Lipinski definition) is 4. The molecule has 1 unspecified atom stereocenters. The van der Waals surface area contributed by atoms with Crippen LogP contribution in [0.25, 0.3) is 0 Å². The quantitative estimate of drug-likeness (QED) is 0.646. The number of ether oxygens (including phenoxy) is 1. The molecular formula is C11H15BrN2O3. The number of nitro groups is 1. The lowest BCUT2D eigenvalue weighted by molar-refractivity contribution is -0.385. The van der Waals surface area contributed by atoms with Crippen LogP contribution in [-0.4, -0.2) is 24.7 Å². The highest BCUT2D eigenvalue weighted by atomic mass is 79.9. The molecule has 0 spiro atoms. The Labute approximate surface area is 108 Å². The summed E-state index contributed by atoms with van der Waals surface area (Å²) in [6, 6.07) is 4.96. The van der Waals surface area contributed by atoms with Crippen LogP contribution < -0.4 is 5.73 Å². The predicted molar refractivity (Wildman–Crippen MR) is 69.0 cm³/mol. The van der Waals surface area contributed by atoms with Gasteiger partial charge in [0.15, 0.2) is 0 Å². The summed E-state index contributed by atoms with van der Waals surface area (Å²) < 4.78 is 5.63. The molecule has 5 nitrogen and oxygen atoms in total. The van der Waals surface area contributed by atoms with E-state index < -0.39 is 0 Å². The molecule has 0 saturated heterocycles. The summed E-state index contributed by atoms with van der Waals surface area (Å²) in [5.74, 6) is 0. The third-order valence-corrected chi connectivity index (χ3v) is 2.90. The van der Waals surface area contributed by atoms with E-state index in [4.69, 9.17) is 10.5 Å². The lowest BCUT2D eigenvalue weighted by atomic mass is 10.0. The average Bonchev–Trinajstić information content (AvgIpc) is 2.27. The zero-order chi connectivity index (χ0) is 12.8. The number of benzene rings is 1. The van der Waals surface area contributed by atoms with Gasteiger partial charge in [0, 0.05) is 29.3 Å². The van der Waals surface area contributed by atoms with Gasteiger partial charge in [0.25, 0.3) is 5.69 Å². The van der Waals surface area contributed by atoms with E-state index >= 15 is 0 Å². The van der Waals surface area contributed by atoms with Crippen LogP contribution in [0.2, 0.25) is 0 Å². The van der Waals surface area contributed by atoms with Crippen molar-refractivity contribution >= 4 is 21.6 Å². The van der Waals surface area contributed by atoms with Crippen molar-refractivity contribution in [3.63, 3.8) is 0 Å². The van der Waals surface area contributed by atoms with E-state index in [2.05, 4.69) is 15.9 Å². The van der Waals surface area contributed by atoms with Gasteiger partial charge in [0.2, 0.25) is 0 Å². The number of methoxy groups -OCH3 is 1. The highest BCUT2D eigenvalue weighted by molar-refractivity contribution is 9.10. The second-order valence-electron chi connectivity index (χ2n) is 3.78. The summed E-state index contributed by atoms with van der Waals surface area (Å²) in [5.41, 5.74) is 6.61. The van der Waals surface area contributed by atoms with Crippen LogP contribution in [0.3, 0.4) is 0 Å². The average molecular weight is 303 g/mol. The molecule has 0 saturated carbocycles. The van der Waals surface area contributed by atoms with Gasteiger partial charge in [0.05, 0.1) is 11.5 Å². The summed E-state index contributed by atoms with van der Waals surface area (Å²) in [6.45, 7) is 0.463. The zero-order valence-corrected chi connectivity index (χ0v) is 11.1. The van der Waals surface area contributed by atoms with E-state index in [9.17, 15) is 10.1 Å². The van der Waals surface area contributed by atoms with Crippen molar-refractivity contribution in [2.45, 2.75) is 18.9 Å². The van der Waals surface area contributed by atoms with Gasteiger partial charge in [-0.15, -0.1) is 0 Å². The Balaban J connectivity index is 2.73. The van der Waals surface area contributed by atoms with Crippen LogP contribution >= 0.6 is 15.9 Å². The summed E-state index contributed by atoms with van der Waals surface area (Å²) in [7, 11) is 1.59. The fraction of sp³-hybridized carbons (Fsp3) is 0.455. The molecule has 0 aliphatic heterocycles. The molecule has 0 amide bonds. The third kappa shape index (κ3) is 4.41. The summed E-state index contributed by atoms with van der Waals surface area (Å²) in [5, 5.41) is 10.9. The minimum absolute atomic E-state index is 0.0942. The number of halogens is 1. The molecule has 1 aromatic carbocycles. The predicted octanol–water partition coefficient (Wildman–Crippen LogP) is 2.26. The highest BCUT2D eigenvalue weighted by Gasteiger charge is 2.14. The molecule has 6 heteroatoms. The van der Waals surface area contributed by atoms with Crippen molar-refractivity contribution in [2.75, 3.05) is 13.7 Å². The molecule has 0 aromatic heterocycles. The molecule has 2 N–H and O–H groups in total. The van der Waals surface area contributed by atoms with Gasteiger partial charge in [-0.05, 0) is 18.9 Å². The van der Waals surface area contributed by atoms with Gasteiger partial charge in [0.1, 0.15) is 0 Å². The van der Waals surface area contributed by atoms with Crippen LogP contribution in [0.4, 0.5) is 5.69 Å². The van der Waals surface area contributed by atoms with E-state index in [0.717, 1.165) is 0 Å². The summed E-state index contributed by atoms with van der Waals surface area (Å²) in [4.78, 5) is 10.5. The monoisotopic (exact) mass is 302 g/mol. The SMILES string of the molecule is COCC(N)CCc1ccc(Br)cc1[N+](=O)[O-]. The maximum absolute atomic E-state index is 10.9. The van der Waals surface area contributed by atoms with Gasteiger partial charge in [-0.1, -0.05) is 22.0 Å². The minimum Gasteiger partial charge on any atom is -0.383 e. The van der Waals surface area contributed by atoms with Crippen LogP contribution in [0.15, 0.2) is 22.7 Å². The molecule has 1 rings (SSSR count). The lowest BCUT2D eigenvalue weighted by Gasteiger charge is -2.10. The van der Waals surface area contributed by atoms with Crippen LogP contribution in [0.1, 0.15) is 12.0 Å². The first-order valence-electron chi connectivity index (χ1n) is 5.22. The third-order valence-electron chi connectivity index (χ3n) is 2.41. The fourth-order valence-corrected chi connectivity index (χ4v) is 1.91. The molecule has 1 aromatic rings. The van der Waals surface area contributed by atoms with E-state index in [1.807, 2.05) is 0 Å². The van der Waals surface area contributed by atoms with E-state index in [0.29, 0.717) is 29.5 Å².